The number of amides is 2. The summed E-state index contributed by atoms with van der Waals surface area (Å²) in [5.41, 5.74) is 5.41. The summed E-state index contributed by atoms with van der Waals surface area (Å²) >= 11 is 0. The van der Waals surface area contributed by atoms with Gasteiger partial charge in [-0.05, 0) is 31.2 Å². The Morgan fingerprint density at radius 3 is 2.25 bits per heavy atom. The molecule has 10 heteroatoms. The van der Waals surface area contributed by atoms with E-state index in [2.05, 4.69) is 5.32 Å². The number of carbonyl (C=O) groups excluding carboxylic acids is 3. The third-order valence-electron chi connectivity index (χ3n) is 2.94. The third-order valence-corrected chi connectivity index (χ3v) is 4.76. The fourth-order valence-corrected chi connectivity index (χ4v) is 2.77. The highest BCUT2D eigenvalue weighted by molar-refractivity contribution is 7.89. The molecular formula is C14H19N3O6S. The van der Waals surface area contributed by atoms with Gasteiger partial charge in [0.15, 0.2) is 6.10 Å². The van der Waals surface area contributed by atoms with Crippen LogP contribution in [0.15, 0.2) is 29.2 Å². The zero-order valence-corrected chi connectivity index (χ0v) is 14.3. The number of primary amides is 1. The summed E-state index contributed by atoms with van der Waals surface area (Å²) in [5, 5.41) is 2.51. The van der Waals surface area contributed by atoms with E-state index in [1.165, 1.54) is 45.2 Å². The van der Waals surface area contributed by atoms with Crippen molar-refractivity contribution in [2.24, 2.45) is 5.73 Å². The molecule has 0 spiro atoms. The Bertz CT molecular complexity index is 729. The molecule has 9 nitrogen and oxygen atoms in total. The number of likely N-dealkylation sites (N-methyl/N-ethyl adjacent to an activating group) is 1. The smallest absolute Gasteiger partial charge is 0.322 e. The van der Waals surface area contributed by atoms with Gasteiger partial charge in [-0.15, -0.1) is 0 Å². The van der Waals surface area contributed by atoms with Crippen LogP contribution < -0.4 is 11.1 Å². The predicted molar refractivity (Wildman–Crippen MR) is 85.3 cm³/mol. The first kappa shape index (κ1) is 19.6. The van der Waals surface area contributed by atoms with Crippen LogP contribution in [0, 0.1) is 0 Å². The number of carbonyl (C=O) groups is 3. The number of rotatable bonds is 7. The molecule has 0 heterocycles. The molecule has 1 aromatic carbocycles. The van der Waals surface area contributed by atoms with E-state index in [9.17, 15) is 22.8 Å². The Hall–Kier alpha value is -2.46. The van der Waals surface area contributed by atoms with Crippen molar-refractivity contribution in [3.8, 4) is 0 Å². The summed E-state index contributed by atoms with van der Waals surface area (Å²) in [4.78, 5) is 33.3. The van der Waals surface area contributed by atoms with Gasteiger partial charge in [-0.2, -0.15) is 4.31 Å². The summed E-state index contributed by atoms with van der Waals surface area (Å²) in [6.07, 6.45) is -1.15. The molecule has 0 radical (unpaired) electrons. The zero-order chi connectivity index (χ0) is 18.5. The second-order valence-corrected chi connectivity index (χ2v) is 7.05. The Labute approximate surface area is 139 Å². The van der Waals surface area contributed by atoms with Crippen LogP contribution in [-0.2, 0) is 29.1 Å². The average Bonchev–Trinajstić information content (AvgIpc) is 2.46. The van der Waals surface area contributed by atoms with Crippen molar-refractivity contribution in [1.82, 2.24) is 4.31 Å². The van der Waals surface area contributed by atoms with Gasteiger partial charge in [0.05, 0.1) is 4.90 Å². The number of nitrogens with one attached hydrogen (secondary N) is 1. The fraction of sp³-hybridized carbons (Fsp3) is 0.357. The number of sulfonamides is 1. The van der Waals surface area contributed by atoms with Gasteiger partial charge in [-0.1, -0.05) is 0 Å². The number of anilines is 1. The van der Waals surface area contributed by atoms with E-state index in [4.69, 9.17) is 10.5 Å². The van der Waals surface area contributed by atoms with Crippen molar-refractivity contribution in [2.75, 3.05) is 18.9 Å². The lowest BCUT2D eigenvalue weighted by Crippen LogP contribution is -2.37. The highest BCUT2D eigenvalue weighted by atomic mass is 32.2. The van der Waals surface area contributed by atoms with Gasteiger partial charge >= 0.3 is 5.97 Å². The van der Waals surface area contributed by atoms with Crippen LogP contribution in [0.2, 0.25) is 0 Å². The lowest BCUT2D eigenvalue weighted by molar-refractivity contribution is -0.153. The summed E-state index contributed by atoms with van der Waals surface area (Å²) < 4.78 is 30.2. The van der Waals surface area contributed by atoms with Gasteiger partial charge in [0.2, 0.25) is 15.9 Å². The number of esters is 1. The van der Waals surface area contributed by atoms with E-state index in [-0.39, 0.29) is 10.8 Å². The molecular weight excluding hydrogens is 338 g/mol. The Kier molecular flexibility index (Phi) is 6.43. The predicted octanol–water partition coefficient (Wildman–Crippen LogP) is -0.317. The van der Waals surface area contributed by atoms with Crippen LogP contribution in [0.25, 0.3) is 0 Å². The van der Waals surface area contributed by atoms with E-state index >= 15 is 0 Å². The van der Waals surface area contributed by atoms with Gasteiger partial charge in [-0.3, -0.25) is 14.4 Å². The van der Waals surface area contributed by atoms with E-state index in [1.54, 1.807) is 0 Å². The number of hydrogen-bond donors (Lipinski definition) is 2. The van der Waals surface area contributed by atoms with Crippen molar-refractivity contribution < 1.29 is 27.5 Å². The Morgan fingerprint density at radius 1 is 1.25 bits per heavy atom. The third kappa shape index (κ3) is 5.32. The molecule has 1 atom stereocenters. The molecule has 132 valence electrons. The van der Waals surface area contributed by atoms with Crippen molar-refractivity contribution in [1.29, 1.82) is 0 Å². The molecule has 0 aliphatic rings. The second-order valence-electron chi connectivity index (χ2n) is 5.00. The van der Waals surface area contributed by atoms with Crippen LogP contribution >= 0.6 is 0 Å². The van der Waals surface area contributed by atoms with Crippen molar-refractivity contribution in [3.05, 3.63) is 24.3 Å². The van der Waals surface area contributed by atoms with Gasteiger partial charge in [-0.25, -0.2) is 8.42 Å². The maximum absolute atomic E-state index is 12.4. The van der Waals surface area contributed by atoms with Crippen LogP contribution in [0.3, 0.4) is 0 Å². The highest BCUT2D eigenvalue weighted by Crippen LogP contribution is 2.17. The van der Waals surface area contributed by atoms with Gasteiger partial charge in [0, 0.05) is 19.7 Å². The molecule has 3 N–H and O–H groups in total. The lowest BCUT2D eigenvalue weighted by Gasteiger charge is -2.17. The first-order valence-electron chi connectivity index (χ1n) is 6.87. The van der Waals surface area contributed by atoms with Gasteiger partial charge in [0.1, 0.15) is 6.54 Å². The van der Waals surface area contributed by atoms with E-state index < -0.39 is 34.5 Å². The molecule has 0 aromatic heterocycles. The average molecular weight is 357 g/mol. The maximum atomic E-state index is 12.4. The highest BCUT2D eigenvalue weighted by Gasteiger charge is 2.25. The normalized spacial score (nSPS) is 12.5. The van der Waals surface area contributed by atoms with Gasteiger partial charge < -0.3 is 15.8 Å². The number of ether oxygens (including phenoxy) is 1. The first-order chi connectivity index (χ1) is 11.0. The minimum absolute atomic E-state index is 0.0603. The number of benzene rings is 1. The SMILES string of the molecule is CC(=O)Nc1ccc(S(=O)(=O)N(C)CC(=O)O[C@H](C)C(N)=O)cc1. The molecule has 0 bridgehead atoms. The van der Waals surface area contributed by atoms with Crippen LogP contribution in [0.1, 0.15) is 13.8 Å². The second kappa shape index (κ2) is 7.88. The lowest BCUT2D eigenvalue weighted by atomic mass is 10.3. The number of nitrogens with zero attached hydrogens (tertiary/aromatic N) is 1. The number of hydrogen-bond acceptors (Lipinski definition) is 6. The minimum atomic E-state index is -3.93. The molecule has 0 unspecified atom stereocenters. The van der Waals surface area contributed by atoms with E-state index in [0.717, 1.165) is 4.31 Å². The molecule has 0 aliphatic carbocycles. The molecule has 24 heavy (non-hydrogen) atoms. The largest absolute Gasteiger partial charge is 0.452 e. The molecule has 0 fully saturated rings. The molecule has 0 saturated carbocycles. The molecule has 0 aliphatic heterocycles. The summed E-state index contributed by atoms with van der Waals surface area (Å²) in [7, 11) is -2.73. The summed E-state index contributed by atoms with van der Waals surface area (Å²) in [6, 6.07) is 5.45. The van der Waals surface area contributed by atoms with E-state index in [1.807, 2.05) is 0 Å². The number of nitrogens with two attached hydrogens (primary N) is 1. The summed E-state index contributed by atoms with van der Waals surface area (Å²) in [5.74, 6) is -2.02. The van der Waals surface area contributed by atoms with Gasteiger partial charge in [0.25, 0.3) is 5.91 Å². The van der Waals surface area contributed by atoms with Crippen molar-refractivity contribution >= 4 is 33.5 Å². The van der Waals surface area contributed by atoms with Crippen LogP contribution in [0.4, 0.5) is 5.69 Å². The molecule has 0 saturated heterocycles. The summed E-state index contributed by atoms with van der Waals surface area (Å²) in [6.45, 7) is 2.04. The molecule has 2 amide bonds. The minimum Gasteiger partial charge on any atom is -0.452 e. The fourth-order valence-electron chi connectivity index (χ4n) is 1.65. The van der Waals surface area contributed by atoms with Crippen LogP contribution in [0.5, 0.6) is 0 Å². The van der Waals surface area contributed by atoms with E-state index in [0.29, 0.717) is 5.69 Å². The van der Waals surface area contributed by atoms with Crippen LogP contribution in [-0.4, -0.2) is 50.2 Å². The van der Waals surface area contributed by atoms with Crippen molar-refractivity contribution in [3.63, 3.8) is 0 Å². The molecule has 1 rings (SSSR count). The standard InChI is InChI=1S/C14H19N3O6S/c1-9(14(15)20)23-13(19)8-17(3)24(21,22)12-6-4-11(5-7-12)16-10(2)18/h4-7,9H,8H2,1-3H3,(H2,15,20)(H,16,18)/t9-/m1/s1. The Balaban J connectivity index is 2.81. The molecule has 1 aromatic rings. The topological polar surface area (TPSA) is 136 Å². The van der Waals surface area contributed by atoms with Crippen molar-refractivity contribution in [2.45, 2.75) is 24.8 Å². The zero-order valence-electron chi connectivity index (χ0n) is 13.5. The maximum Gasteiger partial charge on any atom is 0.322 e. The first-order valence-corrected chi connectivity index (χ1v) is 8.31. The Morgan fingerprint density at radius 2 is 1.79 bits per heavy atom. The monoisotopic (exact) mass is 357 g/mol. The quantitative estimate of drug-likeness (QED) is 0.642.